The number of benzene rings is 1. The van der Waals surface area contributed by atoms with Crippen molar-refractivity contribution >= 4 is 15.9 Å². The molecule has 1 aliphatic heterocycles. The number of halogens is 1. The van der Waals surface area contributed by atoms with Gasteiger partial charge in [-0.3, -0.25) is 0 Å². The van der Waals surface area contributed by atoms with Crippen molar-refractivity contribution in [1.82, 2.24) is 10.6 Å². The van der Waals surface area contributed by atoms with E-state index in [1.54, 1.807) is 0 Å². The fourth-order valence-electron chi connectivity index (χ4n) is 2.53. The molecular weight excluding hydrogens is 264 g/mol. The third-order valence-electron chi connectivity index (χ3n) is 3.37. The number of rotatable bonds is 4. The van der Waals surface area contributed by atoms with E-state index in [4.69, 9.17) is 0 Å². The van der Waals surface area contributed by atoms with Gasteiger partial charge in [-0.25, -0.2) is 0 Å². The average Bonchev–Trinajstić information content (AvgIpc) is 2.79. The van der Waals surface area contributed by atoms with E-state index in [0.29, 0.717) is 5.92 Å². The lowest BCUT2D eigenvalue weighted by atomic mass is 9.85. The zero-order valence-corrected chi connectivity index (χ0v) is 11.3. The fraction of sp³-hybridized carbons (Fsp3) is 0.538. The summed E-state index contributed by atoms with van der Waals surface area (Å²) < 4.78 is 1.18. The van der Waals surface area contributed by atoms with Crippen molar-refractivity contribution in [2.24, 2.45) is 5.92 Å². The monoisotopic (exact) mass is 282 g/mol. The lowest BCUT2D eigenvalue weighted by Gasteiger charge is -2.23. The molecule has 2 atom stereocenters. The third-order valence-corrected chi connectivity index (χ3v) is 3.86. The van der Waals surface area contributed by atoms with Gasteiger partial charge in [0.2, 0.25) is 0 Å². The highest BCUT2D eigenvalue weighted by Crippen LogP contribution is 2.29. The number of hydrogen-bond donors (Lipinski definition) is 2. The normalized spacial score (nSPS) is 22.2. The van der Waals surface area contributed by atoms with Crippen molar-refractivity contribution in [3.05, 3.63) is 34.3 Å². The molecule has 1 heterocycles. The molecule has 1 aliphatic rings. The van der Waals surface area contributed by atoms with Gasteiger partial charge in [0.05, 0.1) is 0 Å². The summed E-state index contributed by atoms with van der Waals surface area (Å²) in [5.74, 6) is 1.39. The largest absolute Gasteiger partial charge is 0.319 e. The Hall–Kier alpha value is -0.380. The first-order valence-electron chi connectivity index (χ1n) is 5.92. The van der Waals surface area contributed by atoms with Gasteiger partial charge in [0, 0.05) is 16.9 Å². The minimum absolute atomic E-state index is 0.623. The van der Waals surface area contributed by atoms with Crippen LogP contribution in [0.5, 0.6) is 0 Å². The molecule has 0 amide bonds. The Morgan fingerprint density at radius 2 is 2.44 bits per heavy atom. The number of likely N-dealkylation sites (N-methyl/N-ethyl adjacent to an activating group) is 1. The average molecular weight is 283 g/mol. The first kappa shape index (κ1) is 12.1. The highest BCUT2D eigenvalue weighted by atomic mass is 79.9. The molecule has 0 spiro atoms. The Morgan fingerprint density at radius 3 is 3.06 bits per heavy atom. The minimum Gasteiger partial charge on any atom is -0.319 e. The van der Waals surface area contributed by atoms with Gasteiger partial charge < -0.3 is 10.6 Å². The van der Waals surface area contributed by atoms with E-state index in [-0.39, 0.29) is 0 Å². The van der Waals surface area contributed by atoms with Crippen LogP contribution in [0.25, 0.3) is 0 Å². The van der Waals surface area contributed by atoms with Crippen molar-refractivity contribution in [3.8, 4) is 0 Å². The Kier molecular flexibility index (Phi) is 4.38. The zero-order valence-electron chi connectivity index (χ0n) is 9.67. The molecule has 3 heteroatoms. The summed E-state index contributed by atoms with van der Waals surface area (Å²) in [6, 6.07) is 8.71. The van der Waals surface area contributed by atoms with Crippen molar-refractivity contribution in [2.45, 2.75) is 12.3 Å². The summed E-state index contributed by atoms with van der Waals surface area (Å²) in [6.45, 7) is 3.38. The quantitative estimate of drug-likeness (QED) is 0.886. The molecule has 0 radical (unpaired) electrons. The molecule has 16 heavy (non-hydrogen) atoms. The van der Waals surface area contributed by atoms with E-state index in [2.05, 4.69) is 50.8 Å². The maximum atomic E-state index is 3.55. The van der Waals surface area contributed by atoms with Crippen molar-refractivity contribution in [3.63, 3.8) is 0 Å². The van der Waals surface area contributed by atoms with Crippen LogP contribution in [0.2, 0.25) is 0 Å². The second-order valence-corrected chi connectivity index (χ2v) is 5.39. The Morgan fingerprint density at radius 1 is 1.56 bits per heavy atom. The zero-order chi connectivity index (χ0) is 11.4. The van der Waals surface area contributed by atoms with E-state index in [1.165, 1.54) is 23.0 Å². The first-order chi connectivity index (χ1) is 7.81. The second kappa shape index (κ2) is 5.80. The molecule has 2 rings (SSSR count). The molecule has 2 N–H and O–H groups in total. The highest BCUT2D eigenvalue weighted by Gasteiger charge is 2.25. The van der Waals surface area contributed by atoms with Gasteiger partial charge >= 0.3 is 0 Å². The van der Waals surface area contributed by atoms with Gasteiger partial charge in [-0.05, 0) is 50.2 Å². The summed E-state index contributed by atoms with van der Waals surface area (Å²) >= 11 is 3.55. The van der Waals surface area contributed by atoms with E-state index in [9.17, 15) is 0 Å². The van der Waals surface area contributed by atoms with Crippen molar-refractivity contribution in [2.75, 3.05) is 26.7 Å². The molecule has 1 fully saturated rings. The third kappa shape index (κ3) is 2.84. The summed E-state index contributed by atoms with van der Waals surface area (Å²) in [5.41, 5.74) is 1.44. The SMILES string of the molecule is CNCC(c1cccc(Br)c1)C1CCNC1. The van der Waals surface area contributed by atoms with Crippen molar-refractivity contribution in [1.29, 1.82) is 0 Å². The summed E-state index contributed by atoms with van der Waals surface area (Å²) in [7, 11) is 2.04. The van der Waals surface area contributed by atoms with Crippen LogP contribution in [0.1, 0.15) is 17.9 Å². The maximum Gasteiger partial charge on any atom is 0.0178 e. The van der Waals surface area contributed by atoms with Crippen molar-refractivity contribution < 1.29 is 0 Å². The molecule has 1 aromatic carbocycles. The highest BCUT2D eigenvalue weighted by molar-refractivity contribution is 9.10. The van der Waals surface area contributed by atoms with Crippen LogP contribution in [0, 0.1) is 5.92 Å². The molecule has 0 saturated carbocycles. The second-order valence-electron chi connectivity index (χ2n) is 4.47. The van der Waals surface area contributed by atoms with Gasteiger partial charge in [-0.2, -0.15) is 0 Å². The molecule has 1 aromatic rings. The van der Waals surface area contributed by atoms with E-state index in [1.807, 2.05) is 7.05 Å². The van der Waals surface area contributed by atoms with E-state index >= 15 is 0 Å². The topological polar surface area (TPSA) is 24.1 Å². The molecule has 0 bridgehead atoms. The smallest absolute Gasteiger partial charge is 0.0178 e. The lowest BCUT2D eigenvalue weighted by molar-refractivity contribution is 0.442. The summed E-state index contributed by atoms with van der Waals surface area (Å²) in [4.78, 5) is 0. The molecule has 1 saturated heterocycles. The van der Waals surface area contributed by atoms with Crippen LogP contribution < -0.4 is 10.6 Å². The van der Waals surface area contributed by atoms with Crippen LogP contribution in [-0.2, 0) is 0 Å². The Labute approximate surface area is 106 Å². The molecule has 2 nitrogen and oxygen atoms in total. The standard InChI is InChI=1S/C13H19BrN2/c1-15-9-13(11-5-6-16-8-11)10-3-2-4-12(14)7-10/h2-4,7,11,13,15-16H,5-6,8-9H2,1H3. The van der Waals surface area contributed by atoms with Crippen LogP contribution in [0.3, 0.4) is 0 Å². The Bertz CT molecular complexity index is 334. The summed E-state index contributed by atoms with van der Waals surface area (Å²) in [5, 5.41) is 6.78. The number of hydrogen-bond acceptors (Lipinski definition) is 2. The van der Waals surface area contributed by atoms with Gasteiger partial charge in [-0.1, -0.05) is 28.1 Å². The Balaban J connectivity index is 2.17. The molecule has 88 valence electrons. The van der Waals surface area contributed by atoms with E-state index in [0.717, 1.165) is 19.0 Å². The molecule has 2 unspecified atom stereocenters. The van der Waals surface area contributed by atoms with Gasteiger partial charge in [0.15, 0.2) is 0 Å². The minimum atomic E-state index is 0.623. The van der Waals surface area contributed by atoms with Gasteiger partial charge in [0.1, 0.15) is 0 Å². The lowest BCUT2D eigenvalue weighted by Crippen LogP contribution is -2.25. The van der Waals surface area contributed by atoms with Crippen LogP contribution in [-0.4, -0.2) is 26.7 Å². The van der Waals surface area contributed by atoms with Crippen LogP contribution in [0.15, 0.2) is 28.7 Å². The van der Waals surface area contributed by atoms with Gasteiger partial charge in [-0.15, -0.1) is 0 Å². The predicted molar refractivity (Wildman–Crippen MR) is 71.8 cm³/mol. The predicted octanol–water partition coefficient (Wildman–Crippen LogP) is 2.36. The van der Waals surface area contributed by atoms with Crippen LogP contribution in [0.4, 0.5) is 0 Å². The molecular formula is C13H19BrN2. The first-order valence-corrected chi connectivity index (χ1v) is 6.71. The van der Waals surface area contributed by atoms with Gasteiger partial charge in [0.25, 0.3) is 0 Å². The molecule has 0 aromatic heterocycles. The molecule has 0 aliphatic carbocycles. The fourth-order valence-corrected chi connectivity index (χ4v) is 2.95. The maximum absolute atomic E-state index is 3.55. The summed E-state index contributed by atoms with van der Waals surface area (Å²) in [6.07, 6.45) is 1.29. The van der Waals surface area contributed by atoms with Crippen LogP contribution >= 0.6 is 15.9 Å². The number of nitrogens with one attached hydrogen (secondary N) is 2. The van der Waals surface area contributed by atoms with E-state index < -0.39 is 0 Å².